The molecule has 51 heavy (non-hydrogen) atoms. The van der Waals surface area contributed by atoms with Gasteiger partial charge in [0.1, 0.15) is 29.7 Å². The van der Waals surface area contributed by atoms with Crippen molar-refractivity contribution in [2.45, 2.75) is 148 Å². The second-order valence-corrected chi connectivity index (χ2v) is 15.2. The van der Waals surface area contributed by atoms with E-state index in [1.54, 1.807) is 59.0 Å². The lowest BCUT2D eigenvalue weighted by atomic mass is 9.74. The number of ether oxygens (including phenoxy) is 5. The van der Waals surface area contributed by atoms with Crippen molar-refractivity contribution in [3.05, 3.63) is 30.1 Å². The number of aliphatic hydroxyl groups is 3. The molecule has 1 aromatic heterocycles. The van der Waals surface area contributed by atoms with Gasteiger partial charge in [-0.05, 0) is 72.7 Å². The third kappa shape index (κ3) is 9.92. The molecule has 3 rings (SSSR count). The van der Waals surface area contributed by atoms with E-state index in [9.17, 15) is 29.7 Å². The number of carbonyl (C=O) groups is 3. The Balaban J connectivity index is 2.18. The second-order valence-electron chi connectivity index (χ2n) is 15.2. The fourth-order valence-electron chi connectivity index (χ4n) is 7.79. The number of rotatable bonds is 9. The van der Waals surface area contributed by atoms with E-state index < -0.39 is 83.6 Å². The molecule has 0 radical (unpaired) electrons. The van der Waals surface area contributed by atoms with Crippen LogP contribution in [-0.4, -0.2) is 124 Å². The first-order valence-electron chi connectivity index (χ1n) is 18.3. The van der Waals surface area contributed by atoms with Crippen molar-refractivity contribution >= 4 is 17.7 Å². The van der Waals surface area contributed by atoms with E-state index in [0.29, 0.717) is 18.7 Å². The highest BCUT2D eigenvalue weighted by Gasteiger charge is 2.53. The van der Waals surface area contributed by atoms with Gasteiger partial charge >= 0.3 is 11.9 Å². The molecule has 0 bridgehead atoms. The van der Waals surface area contributed by atoms with E-state index in [0.717, 1.165) is 0 Å². The van der Waals surface area contributed by atoms with Crippen LogP contribution in [0.5, 0.6) is 0 Å². The summed E-state index contributed by atoms with van der Waals surface area (Å²) in [6, 6.07) is 4.89. The van der Waals surface area contributed by atoms with E-state index in [-0.39, 0.29) is 37.2 Å². The van der Waals surface area contributed by atoms with Crippen LogP contribution in [0.15, 0.2) is 24.4 Å². The van der Waals surface area contributed by atoms with E-state index in [1.807, 2.05) is 25.8 Å². The van der Waals surface area contributed by atoms with Gasteiger partial charge in [0.25, 0.3) is 0 Å². The predicted molar refractivity (Wildman–Crippen MR) is 188 cm³/mol. The molecular formula is C38H62N2O11. The zero-order chi connectivity index (χ0) is 38.4. The summed E-state index contributed by atoms with van der Waals surface area (Å²) in [5.41, 5.74) is -2.80. The smallest absolute Gasteiger partial charge is 0.312 e. The topological polar surface area (TPSA) is 174 Å². The van der Waals surface area contributed by atoms with Crippen molar-refractivity contribution in [2.75, 3.05) is 20.7 Å². The second kappa shape index (κ2) is 18.0. The summed E-state index contributed by atoms with van der Waals surface area (Å²) in [5, 5.41) is 34.5. The molecule has 2 fully saturated rings. The minimum absolute atomic E-state index is 0.0812. The summed E-state index contributed by atoms with van der Waals surface area (Å²) in [4.78, 5) is 47.7. The molecule has 2 aliphatic rings. The van der Waals surface area contributed by atoms with Gasteiger partial charge in [0.05, 0.1) is 41.9 Å². The summed E-state index contributed by atoms with van der Waals surface area (Å²) in [6.07, 6.45) is -5.27. The Labute approximate surface area is 303 Å². The minimum atomic E-state index is -1.98. The average Bonchev–Trinajstić information content (AvgIpc) is 3.10. The van der Waals surface area contributed by atoms with Crippen molar-refractivity contribution in [3.63, 3.8) is 0 Å². The summed E-state index contributed by atoms with van der Waals surface area (Å²) < 4.78 is 31.2. The first-order chi connectivity index (χ1) is 23.8. The van der Waals surface area contributed by atoms with Crippen LogP contribution in [0, 0.1) is 23.7 Å². The number of nitrogens with zero attached hydrogens (tertiary/aromatic N) is 2. The lowest BCUT2D eigenvalue weighted by molar-refractivity contribution is -0.302. The van der Waals surface area contributed by atoms with Gasteiger partial charge in [-0.25, -0.2) is 0 Å². The maximum atomic E-state index is 14.0. The Kier molecular flexibility index (Phi) is 15.1. The van der Waals surface area contributed by atoms with Gasteiger partial charge < -0.3 is 43.9 Å². The Morgan fingerprint density at radius 1 is 1.08 bits per heavy atom. The Morgan fingerprint density at radius 2 is 1.75 bits per heavy atom. The van der Waals surface area contributed by atoms with Crippen LogP contribution < -0.4 is 0 Å². The van der Waals surface area contributed by atoms with E-state index in [4.69, 9.17) is 23.7 Å². The summed E-state index contributed by atoms with van der Waals surface area (Å²) in [7, 11) is 3.40. The van der Waals surface area contributed by atoms with Crippen molar-refractivity contribution in [1.82, 2.24) is 9.88 Å². The number of aromatic nitrogens is 1. The Morgan fingerprint density at radius 3 is 2.31 bits per heavy atom. The van der Waals surface area contributed by atoms with Crippen molar-refractivity contribution in [2.24, 2.45) is 23.7 Å². The molecule has 0 saturated carbocycles. The number of ketones is 1. The normalized spacial score (nSPS) is 40.4. The SMILES string of the molecule is CC[C@H]1OC(=O)[C@H](C)[C@@H](OC(=O)Cc2ccccn2)[C@H](C)[C@@H](O[C@@H]2O[C@H](C)C[C@H](N(C)CC)[C@H]2O)[C@](C)(OC)C[C@@H](C)C(=O)[C@H](C)[C@@H](O)[C@]1(C)O. The molecule has 0 amide bonds. The first-order valence-corrected chi connectivity index (χ1v) is 18.3. The van der Waals surface area contributed by atoms with Crippen LogP contribution in [0.1, 0.15) is 87.3 Å². The highest BCUT2D eigenvalue weighted by atomic mass is 16.7. The number of cyclic esters (lactones) is 1. The minimum Gasteiger partial charge on any atom is -0.461 e. The number of hydrogen-bond acceptors (Lipinski definition) is 13. The van der Waals surface area contributed by atoms with Gasteiger partial charge in [0.15, 0.2) is 6.29 Å². The quantitative estimate of drug-likeness (QED) is 0.318. The standard InChI is InChI=1S/C38H62N2O11/c1-12-28-38(9,46)33(44)23(5)30(42)21(3)20-37(8,47-11)34(51-36-31(43)27(40(10)13-2)18-22(4)48-36)24(6)32(25(7)35(45)49-28)50-29(41)19-26-16-14-15-17-39-26/h14-17,21-25,27-28,31-34,36,43-44,46H,12-13,18-20H2,1-11H3/t21-,22-,23+,24+,25-,27+,28-,31-,32+,33-,34-,36+,37-,38-/m1/s1. The molecule has 3 heterocycles. The fraction of sp³-hybridized carbons (Fsp3) is 0.789. The molecule has 13 heteroatoms. The van der Waals surface area contributed by atoms with Gasteiger partial charge in [0.2, 0.25) is 0 Å². The van der Waals surface area contributed by atoms with Crippen LogP contribution in [0.25, 0.3) is 0 Å². The van der Waals surface area contributed by atoms with Gasteiger partial charge in [0, 0.05) is 37.1 Å². The molecule has 13 nitrogen and oxygen atoms in total. The van der Waals surface area contributed by atoms with E-state index in [1.165, 1.54) is 21.0 Å². The zero-order valence-corrected chi connectivity index (χ0v) is 32.3. The fourth-order valence-corrected chi connectivity index (χ4v) is 7.79. The lowest BCUT2D eigenvalue weighted by Gasteiger charge is -2.48. The monoisotopic (exact) mass is 722 g/mol. The highest BCUT2D eigenvalue weighted by Crippen LogP contribution is 2.40. The number of likely N-dealkylation sites (N-methyl/N-ethyl adjacent to an activating group) is 1. The number of esters is 2. The molecule has 0 aromatic carbocycles. The predicted octanol–water partition coefficient (Wildman–Crippen LogP) is 3.09. The van der Waals surface area contributed by atoms with Crippen LogP contribution in [0.3, 0.4) is 0 Å². The van der Waals surface area contributed by atoms with E-state index in [2.05, 4.69) is 4.98 Å². The van der Waals surface area contributed by atoms with Gasteiger partial charge in [-0.3, -0.25) is 19.4 Å². The molecule has 2 saturated heterocycles. The van der Waals surface area contributed by atoms with Crippen molar-refractivity contribution in [1.29, 1.82) is 0 Å². The molecule has 0 aliphatic carbocycles. The van der Waals surface area contributed by atoms with Gasteiger partial charge in [-0.2, -0.15) is 0 Å². The molecule has 1 aromatic rings. The van der Waals surface area contributed by atoms with Crippen LogP contribution in [0.4, 0.5) is 0 Å². The zero-order valence-electron chi connectivity index (χ0n) is 32.3. The number of pyridine rings is 1. The van der Waals surface area contributed by atoms with Crippen LogP contribution in [0.2, 0.25) is 0 Å². The summed E-state index contributed by atoms with van der Waals surface area (Å²) >= 11 is 0. The lowest BCUT2D eigenvalue weighted by Crippen LogP contribution is -2.61. The molecule has 14 atom stereocenters. The largest absolute Gasteiger partial charge is 0.461 e. The van der Waals surface area contributed by atoms with E-state index >= 15 is 0 Å². The number of Topliss-reactive ketones (excluding diaryl/α,β-unsaturated/α-hetero) is 1. The summed E-state index contributed by atoms with van der Waals surface area (Å²) in [5.74, 6) is -5.43. The molecular weight excluding hydrogens is 660 g/mol. The first kappa shape index (κ1) is 42.9. The van der Waals surface area contributed by atoms with Crippen LogP contribution >= 0.6 is 0 Å². The summed E-state index contributed by atoms with van der Waals surface area (Å²) in [6.45, 7) is 16.0. The number of hydrogen-bond donors (Lipinski definition) is 3. The van der Waals surface area contributed by atoms with Gasteiger partial charge in [-0.15, -0.1) is 0 Å². The Hall–Kier alpha value is -2.52. The van der Waals surface area contributed by atoms with Crippen LogP contribution in [-0.2, 0) is 44.5 Å². The maximum absolute atomic E-state index is 14.0. The number of carbonyl (C=O) groups excluding carboxylic acids is 3. The molecule has 290 valence electrons. The molecule has 2 aliphatic heterocycles. The average molecular weight is 723 g/mol. The maximum Gasteiger partial charge on any atom is 0.312 e. The highest BCUT2D eigenvalue weighted by molar-refractivity contribution is 5.83. The van der Waals surface area contributed by atoms with Crippen molar-refractivity contribution < 1.29 is 53.4 Å². The third-order valence-corrected chi connectivity index (χ3v) is 11.2. The number of aliphatic hydroxyl groups excluding tert-OH is 2. The molecule has 3 N–H and O–H groups in total. The van der Waals surface area contributed by atoms with Crippen molar-refractivity contribution in [3.8, 4) is 0 Å². The third-order valence-electron chi connectivity index (χ3n) is 11.2. The molecule has 0 unspecified atom stereocenters. The van der Waals surface area contributed by atoms with Gasteiger partial charge in [-0.1, -0.05) is 40.7 Å². The molecule has 0 spiro atoms. The number of methoxy groups -OCH3 is 1. The Bertz CT molecular complexity index is 1300.